The molecule has 1 aromatic carbocycles. The van der Waals surface area contributed by atoms with Crippen LogP contribution < -0.4 is 10.2 Å². The van der Waals surface area contributed by atoms with Gasteiger partial charge in [0.2, 0.25) is 11.9 Å². The number of amides is 1. The summed E-state index contributed by atoms with van der Waals surface area (Å²) in [5, 5.41) is 3.14. The fourth-order valence-electron chi connectivity index (χ4n) is 4.60. The molecule has 2 heterocycles. The molecule has 2 aromatic rings. The molecule has 29 heavy (non-hydrogen) atoms. The molecule has 1 N–H and O–H groups in total. The van der Waals surface area contributed by atoms with Crippen LogP contribution in [0, 0.1) is 0 Å². The molecule has 8 heteroatoms. The zero-order chi connectivity index (χ0) is 20.2. The van der Waals surface area contributed by atoms with Gasteiger partial charge in [0, 0.05) is 29.7 Å². The molecule has 3 aliphatic rings. The molecule has 7 nitrogen and oxygen atoms in total. The SMILES string of the molecule is CS(=O)(=O)c1ccc(Nc2ncc3c(n2)N(C2CCCCC2)C(=O)C32CC2)cc1. The van der Waals surface area contributed by atoms with Gasteiger partial charge in [0.05, 0.1) is 10.3 Å². The van der Waals surface area contributed by atoms with Crippen molar-refractivity contribution in [2.75, 3.05) is 16.5 Å². The Balaban J connectivity index is 1.45. The second kappa shape index (κ2) is 6.52. The number of carbonyl (C=O) groups is 1. The van der Waals surface area contributed by atoms with Crippen molar-refractivity contribution >= 4 is 33.2 Å². The highest BCUT2D eigenvalue weighted by atomic mass is 32.2. The van der Waals surface area contributed by atoms with Crippen molar-refractivity contribution in [2.45, 2.75) is 61.3 Å². The van der Waals surface area contributed by atoms with Gasteiger partial charge in [-0.15, -0.1) is 0 Å². The monoisotopic (exact) mass is 412 g/mol. The lowest BCUT2D eigenvalue weighted by Gasteiger charge is -2.31. The van der Waals surface area contributed by atoms with Crippen molar-refractivity contribution in [3.05, 3.63) is 36.0 Å². The molecule has 0 unspecified atom stereocenters. The Kier molecular flexibility index (Phi) is 4.17. The van der Waals surface area contributed by atoms with E-state index < -0.39 is 9.84 Å². The van der Waals surface area contributed by atoms with Crippen LogP contribution in [0.5, 0.6) is 0 Å². The maximum absolute atomic E-state index is 13.2. The van der Waals surface area contributed by atoms with Crippen LogP contribution in [-0.2, 0) is 20.0 Å². The van der Waals surface area contributed by atoms with Crippen LogP contribution >= 0.6 is 0 Å². The van der Waals surface area contributed by atoms with Gasteiger partial charge in [-0.1, -0.05) is 19.3 Å². The van der Waals surface area contributed by atoms with Crippen LogP contribution in [0.4, 0.5) is 17.5 Å². The topological polar surface area (TPSA) is 92.3 Å². The molecule has 2 aliphatic carbocycles. The average Bonchev–Trinajstić information content (AvgIpc) is 3.46. The number of nitrogens with zero attached hydrogens (tertiary/aromatic N) is 3. The number of rotatable bonds is 4. The van der Waals surface area contributed by atoms with Crippen molar-refractivity contribution < 1.29 is 13.2 Å². The van der Waals surface area contributed by atoms with Crippen LogP contribution in [0.3, 0.4) is 0 Å². The summed E-state index contributed by atoms with van der Waals surface area (Å²) in [6, 6.07) is 6.73. The molecule has 5 rings (SSSR count). The van der Waals surface area contributed by atoms with Crippen molar-refractivity contribution in [1.29, 1.82) is 0 Å². The van der Waals surface area contributed by atoms with Crippen molar-refractivity contribution in [3.8, 4) is 0 Å². The summed E-state index contributed by atoms with van der Waals surface area (Å²) in [4.78, 5) is 24.6. The fourth-order valence-corrected chi connectivity index (χ4v) is 5.23. The number of sulfone groups is 1. The smallest absolute Gasteiger partial charge is 0.239 e. The van der Waals surface area contributed by atoms with Crippen LogP contribution in [-0.4, -0.2) is 36.6 Å². The molecule has 0 saturated heterocycles. The molecular weight excluding hydrogens is 388 g/mol. The van der Waals surface area contributed by atoms with E-state index in [9.17, 15) is 13.2 Å². The first kappa shape index (κ1) is 18.5. The number of hydrogen-bond donors (Lipinski definition) is 1. The van der Waals surface area contributed by atoms with E-state index in [-0.39, 0.29) is 22.3 Å². The number of fused-ring (bicyclic) bond motifs is 2. The van der Waals surface area contributed by atoms with Gasteiger partial charge in [-0.05, 0) is 49.9 Å². The summed E-state index contributed by atoms with van der Waals surface area (Å²) in [6.45, 7) is 0. The van der Waals surface area contributed by atoms with E-state index >= 15 is 0 Å². The van der Waals surface area contributed by atoms with E-state index in [4.69, 9.17) is 4.98 Å². The third-order valence-corrected chi connectivity index (χ3v) is 7.50. The number of hydrogen-bond acceptors (Lipinski definition) is 6. The largest absolute Gasteiger partial charge is 0.324 e. The second-order valence-corrected chi connectivity index (χ2v) is 10.4. The maximum atomic E-state index is 13.2. The Labute approximate surface area is 170 Å². The lowest BCUT2D eigenvalue weighted by Crippen LogP contribution is -2.42. The van der Waals surface area contributed by atoms with Gasteiger partial charge in [0.15, 0.2) is 9.84 Å². The first-order chi connectivity index (χ1) is 13.9. The summed E-state index contributed by atoms with van der Waals surface area (Å²) in [5.41, 5.74) is 1.28. The maximum Gasteiger partial charge on any atom is 0.239 e. The quantitative estimate of drug-likeness (QED) is 0.828. The Morgan fingerprint density at radius 2 is 1.79 bits per heavy atom. The molecule has 152 valence electrons. The predicted octanol–water partition coefficient (Wildman–Crippen LogP) is 3.33. The number of nitrogens with one attached hydrogen (secondary N) is 1. The van der Waals surface area contributed by atoms with Gasteiger partial charge >= 0.3 is 0 Å². The standard InChI is InChI=1S/C21H24N4O3S/c1-29(27,28)16-9-7-14(8-10-16)23-20-22-13-17-18(24-20)25(15-5-3-2-4-6-15)19(26)21(17)11-12-21/h7-10,13,15H,2-6,11-12H2,1H3,(H,22,23,24). The molecule has 0 atom stereocenters. The zero-order valence-corrected chi connectivity index (χ0v) is 17.2. The normalized spacial score (nSPS) is 20.7. The Hall–Kier alpha value is -2.48. The van der Waals surface area contributed by atoms with Gasteiger partial charge in [0.25, 0.3) is 0 Å². The minimum atomic E-state index is -3.24. The van der Waals surface area contributed by atoms with Crippen LogP contribution in [0.15, 0.2) is 35.4 Å². The summed E-state index contributed by atoms with van der Waals surface area (Å²) >= 11 is 0. The molecule has 0 bridgehead atoms. The predicted molar refractivity (Wildman–Crippen MR) is 110 cm³/mol. The van der Waals surface area contributed by atoms with E-state index in [1.165, 1.54) is 12.7 Å². The molecule has 2 fully saturated rings. The third kappa shape index (κ3) is 3.10. The van der Waals surface area contributed by atoms with Gasteiger partial charge < -0.3 is 5.32 Å². The van der Waals surface area contributed by atoms with E-state index in [1.54, 1.807) is 30.5 Å². The average molecular weight is 413 g/mol. The number of benzene rings is 1. The number of aromatic nitrogens is 2. The summed E-state index contributed by atoms with van der Waals surface area (Å²) < 4.78 is 23.3. The Morgan fingerprint density at radius 3 is 2.41 bits per heavy atom. The first-order valence-corrected chi connectivity index (χ1v) is 12.1. The summed E-state index contributed by atoms with van der Waals surface area (Å²) in [6.07, 6.45) is 10.3. The molecular formula is C21H24N4O3S. The fraction of sp³-hybridized carbons (Fsp3) is 0.476. The number of carbonyl (C=O) groups excluding carboxylic acids is 1. The molecule has 2 saturated carbocycles. The van der Waals surface area contributed by atoms with Crippen molar-refractivity contribution in [3.63, 3.8) is 0 Å². The molecule has 1 aromatic heterocycles. The van der Waals surface area contributed by atoms with Gasteiger partial charge in [-0.2, -0.15) is 4.98 Å². The van der Waals surface area contributed by atoms with E-state index in [0.717, 1.165) is 49.9 Å². The Bertz CT molecular complexity index is 1070. The summed E-state index contributed by atoms with van der Waals surface area (Å²) in [5.74, 6) is 1.37. The zero-order valence-electron chi connectivity index (χ0n) is 16.4. The first-order valence-electron chi connectivity index (χ1n) is 10.2. The van der Waals surface area contributed by atoms with Crippen LogP contribution in [0.2, 0.25) is 0 Å². The van der Waals surface area contributed by atoms with Crippen molar-refractivity contribution in [2.24, 2.45) is 0 Å². The van der Waals surface area contributed by atoms with Crippen LogP contribution in [0.1, 0.15) is 50.5 Å². The minimum Gasteiger partial charge on any atom is -0.324 e. The molecule has 1 amide bonds. The highest BCUT2D eigenvalue weighted by molar-refractivity contribution is 7.90. The van der Waals surface area contributed by atoms with Gasteiger partial charge in [-0.3, -0.25) is 9.69 Å². The van der Waals surface area contributed by atoms with E-state index in [1.807, 2.05) is 4.90 Å². The number of anilines is 3. The molecule has 1 aliphatic heterocycles. The third-order valence-electron chi connectivity index (χ3n) is 6.37. The van der Waals surface area contributed by atoms with E-state index in [2.05, 4.69) is 10.3 Å². The van der Waals surface area contributed by atoms with Gasteiger partial charge in [-0.25, -0.2) is 13.4 Å². The minimum absolute atomic E-state index is 0.198. The van der Waals surface area contributed by atoms with Crippen molar-refractivity contribution in [1.82, 2.24) is 9.97 Å². The van der Waals surface area contributed by atoms with E-state index in [0.29, 0.717) is 11.6 Å². The lowest BCUT2D eigenvalue weighted by molar-refractivity contribution is -0.120. The molecule has 1 spiro atoms. The molecule has 0 radical (unpaired) electrons. The lowest BCUT2D eigenvalue weighted by atomic mass is 9.94. The van der Waals surface area contributed by atoms with Gasteiger partial charge in [0.1, 0.15) is 5.82 Å². The highest BCUT2D eigenvalue weighted by Crippen LogP contribution is 2.57. The summed E-state index contributed by atoms with van der Waals surface area (Å²) in [7, 11) is -3.24. The Morgan fingerprint density at radius 1 is 1.10 bits per heavy atom. The van der Waals surface area contributed by atoms with Crippen LogP contribution in [0.25, 0.3) is 0 Å². The second-order valence-electron chi connectivity index (χ2n) is 8.40. The highest BCUT2D eigenvalue weighted by Gasteiger charge is 2.61.